The van der Waals surface area contributed by atoms with Gasteiger partial charge in [-0.2, -0.15) is 4.52 Å². The highest BCUT2D eigenvalue weighted by molar-refractivity contribution is 6.36. The molecule has 3 aromatic heterocycles. The fraction of sp³-hybridized carbons (Fsp3) is 0. The molecule has 8 nitrogen and oxygen atoms in total. The van der Waals surface area contributed by atoms with E-state index in [2.05, 4.69) is 30.4 Å². The van der Waals surface area contributed by atoms with E-state index in [0.29, 0.717) is 27.1 Å². The first-order chi connectivity index (χ1) is 14.6. The number of nitrogens with one attached hydrogen (secondary N) is 1. The summed E-state index contributed by atoms with van der Waals surface area (Å²) in [6.07, 6.45) is 4.04. The summed E-state index contributed by atoms with van der Waals surface area (Å²) in [5, 5.41) is 8.41. The van der Waals surface area contributed by atoms with Gasteiger partial charge in [0, 0.05) is 18.0 Å². The number of halogens is 2. The molecule has 0 unspecified atom stereocenters. The number of aromatic nitrogens is 6. The summed E-state index contributed by atoms with van der Waals surface area (Å²) < 4.78 is 15.1. The van der Waals surface area contributed by atoms with Gasteiger partial charge in [-0.25, -0.2) is 19.3 Å². The summed E-state index contributed by atoms with van der Waals surface area (Å²) in [5.74, 6) is 0.0847. The lowest BCUT2D eigenvalue weighted by molar-refractivity contribution is 0.628. The van der Waals surface area contributed by atoms with E-state index < -0.39 is 11.4 Å². The summed E-state index contributed by atoms with van der Waals surface area (Å²) in [7, 11) is 0. The minimum Gasteiger partial charge on any atom is -0.318 e. The Morgan fingerprint density at radius 2 is 1.93 bits per heavy atom. The predicted octanol–water partition coefficient (Wildman–Crippen LogP) is 3.63. The molecular weight excluding hydrogens is 409 g/mol. The van der Waals surface area contributed by atoms with Crippen LogP contribution in [0.3, 0.4) is 0 Å². The Morgan fingerprint density at radius 1 is 1.07 bits per heavy atom. The van der Waals surface area contributed by atoms with Crippen LogP contribution in [0.15, 0.2) is 65.8 Å². The van der Waals surface area contributed by atoms with E-state index >= 15 is 0 Å². The van der Waals surface area contributed by atoms with Crippen LogP contribution in [0.1, 0.15) is 0 Å². The summed E-state index contributed by atoms with van der Waals surface area (Å²) in [6.45, 7) is 0. The van der Waals surface area contributed by atoms with Crippen molar-refractivity contribution in [3.63, 3.8) is 0 Å². The van der Waals surface area contributed by atoms with E-state index in [-0.39, 0.29) is 17.5 Å². The summed E-state index contributed by atoms with van der Waals surface area (Å²) >= 11 is 6.40. The molecule has 5 aromatic rings. The van der Waals surface area contributed by atoms with Crippen LogP contribution in [0.5, 0.6) is 0 Å². The van der Waals surface area contributed by atoms with Gasteiger partial charge in [-0.3, -0.25) is 9.78 Å². The number of anilines is 2. The molecule has 0 saturated carbocycles. The Morgan fingerprint density at radius 3 is 2.80 bits per heavy atom. The molecule has 2 aromatic carbocycles. The van der Waals surface area contributed by atoms with Gasteiger partial charge in [0.2, 0.25) is 5.95 Å². The van der Waals surface area contributed by atoms with Gasteiger partial charge in [0.05, 0.1) is 22.1 Å². The molecule has 5 rings (SSSR count). The van der Waals surface area contributed by atoms with Gasteiger partial charge in [0.1, 0.15) is 11.5 Å². The molecule has 0 aliphatic heterocycles. The van der Waals surface area contributed by atoms with Gasteiger partial charge in [0.15, 0.2) is 11.5 Å². The van der Waals surface area contributed by atoms with Gasteiger partial charge >= 0.3 is 0 Å². The zero-order valence-electron chi connectivity index (χ0n) is 15.1. The van der Waals surface area contributed by atoms with Crippen molar-refractivity contribution in [2.24, 2.45) is 0 Å². The Bertz CT molecular complexity index is 1490. The third-order valence-corrected chi connectivity index (χ3v) is 4.67. The molecule has 0 bridgehead atoms. The highest BCUT2D eigenvalue weighted by atomic mass is 35.5. The summed E-state index contributed by atoms with van der Waals surface area (Å²) in [5.41, 5.74) is 1.03. The van der Waals surface area contributed by atoms with Crippen molar-refractivity contribution in [1.82, 2.24) is 29.5 Å². The maximum absolute atomic E-state index is 13.7. The minimum absolute atomic E-state index is 0.109. The second kappa shape index (κ2) is 7.12. The number of fused-ring (bicyclic) bond motifs is 3. The van der Waals surface area contributed by atoms with E-state index in [9.17, 15) is 9.18 Å². The zero-order valence-corrected chi connectivity index (χ0v) is 15.9. The van der Waals surface area contributed by atoms with Crippen molar-refractivity contribution >= 4 is 39.8 Å². The van der Waals surface area contributed by atoms with Crippen molar-refractivity contribution < 1.29 is 4.39 Å². The maximum Gasteiger partial charge on any atom is 0.295 e. The number of hydrogen-bond donors (Lipinski definition) is 1. The molecule has 0 spiro atoms. The Hall–Kier alpha value is -3.98. The summed E-state index contributed by atoms with van der Waals surface area (Å²) in [6, 6.07) is 11.2. The average Bonchev–Trinajstić information content (AvgIpc) is 3.08. The number of rotatable bonds is 3. The quantitative estimate of drug-likeness (QED) is 0.476. The molecule has 0 aliphatic rings. The fourth-order valence-electron chi connectivity index (χ4n) is 3.03. The summed E-state index contributed by atoms with van der Waals surface area (Å²) in [4.78, 5) is 29.0. The van der Waals surface area contributed by atoms with Crippen LogP contribution >= 0.6 is 11.6 Å². The molecule has 0 aliphatic carbocycles. The molecule has 3 heterocycles. The molecular formula is C20H11ClFN7O. The third-order valence-electron chi connectivity index (χ3n) is 4.36. The third kappa shape index (κ3) is 3.11. The SMILES string of the molecule is O=c1nccncc1Nc1nc2cccc(Cl)c2c2nc(-c3cccc(F)c3)nn12. The van der Waals surface area contributed by atoms with E-state index in [1.807, 2.05) is 0 Å². The molecule has 146 valence electrons. The fourth-order valence-corrected chi connectivity index (χ4v) is 3.28. The molecule has 0 saturated heterocycles. The van der Waals surface area contributed by atoms with Crippen LogP contribution in [0.4, 0.5) is 16.0 Å². The lowest BCUT2D eigenvalue weighted by Gasteiger charge is -2.08. The van der Waals surface area contributed by atoms with Gasteiger partial charge in [0.25, 0.3) is 5.56 Å². The molecule has 0 amide bonds. The number of hydrogen-bond acceptors (Lipinski definition) is 7. The van der Waals surface area contributed by atoms with Crippen LogP contribution in [0.25, 0.3) is 27.9 Å². The first-order valence-electron chi connectivity index (χ1n) is 8.78. The van der Waals surface area contributed by atoms with Crippen LogP contribution in [0, 0.1) is 5.82 Å². The predicted molar refractivity (Wildman–Crippen MR) is 110 cm³/mol. The lowest BCUT2D eigenvalue weighted by Crippen LogP contribution is -2.12. The number of benzene rings is 2. The van der Waals surface area contributed by atoms with Gasteiger partial charge in [-0.1, -0.05) is 29.8 Å². The van der Waals surface area contributed by atoms with E-state index in [0.717, 1.165) is 0 Å². The van der Waals surface area contributed by atoms with E-state index in [4.69, 9.17) is 11.6 Å². The van der Waals surface area contributed by atoms with Crippen LogP contribution in [-0.4, -0.2) is 29.5 Å². The van der Waals surface area contributed by atoms with E-state index in [1.165, 1.54) is 35.2 Å². The van der Waals surface area contributed by atoms with Crippen molar-refractivity contribution in [2.75, 3.05) is 5.32 Å². The second-order valence-electron chi connectivity index (χ2n) is 6.30. The van der Waals surface area contributed by atoms with Crippen LogP contribution in [0.2, 0.25) is 5.02 Å². The van der Waals surface area contributed by atoms with Crippen LogP contribution in [-0.2, 0) is 0 Å². The van der Waals surface area contributed by atoms with Crippen LogP contribution < -0.4 is 10.9 Å². The topological polar surface area (TPSA) is 98.0 Å². The zero-order chi connectivity index (χ0) is 20.7. The lowest BCUT2D eigenvalue weighted by atomic mass is 10.2. The van der Waals surface area contributed by atoms with Crippen molar-refractivity contribution in [2.45, 2.75) is 0 Å². The maximum atomic E-state index is 13.7. The molecule has 0 fully saturated rings. The molecule has 30 heavy (non-hydrogen) atoms. The first kappa shape index (κ1) is 18.1. The normalized spacial score (nSPS) is 11.1. The van der Waals surface area contributed by atoms with E-state index in [1.54, 1.807) is 30.3 Å². The monoisotopic (exact) mass is 419 g/mol. The smallest absolute Gasteiger partial charge is 0.295 e. The van der Waals surface area contributed by atoms with Gasteiger partial charge in [-0.15, -0.1) is 5.10 Å². The molecule has 0 atom stereocenters. The average molecular weight is 420 g/mol. The van der Waals surface area contributed by atoms with Crippen molar-refractivity contribution in [3.05, 3.63) is 82.2 Å². The molecule has 1 N–H and O–H groups in total. The highest BCUT2D eigenvalue weighted by Crippen LogP contribution is 2.30. The second-order valence-corrected chi connectivity index (χ2v) is 6.71. The number of nitrogens with zero attached hydrogens (tertiary/aromatic N) is 6. The Kier molecular flexibility index (Phi) is 4.29. The van der Waals surface area contributed by atoms with Gasteiger partial charge < -0.3 is 5.32 Å². The largest absolute Gasteiger partial charge is 0.318 e. The van der Waals surface area contributed by atoms with Crippen molar-refractivity contribution in [1.29, 1.82) is 0 Å². The minimum atomic E-state index is -0.515. The van der Waals surface area contributed by atoms with Crippen molar-refractivity contribution in [3.8, 4) is 11.4 Å². The Balaban J connectivity index is 1.79. The van der Waals surface area contributed by atoms with Gasteiger partial charge in [-0.05, 0) is 24.3 Å². The first-order valence-corrected chi connectivity index (χ1v) is 9.16. The molecule has 0 radical (unpaired) electrons. The Labute approximate surface area is 173 Å². The highest BCUT2D eigenvalue weighted by Gasteiger charge is 2.17. The standard InChI is InChI=1S/C20H11ClFN7O/c21-13-5-2-6-14-16(13)18-27-17(11-3-1-4-12(22)9-11)28-29(18)20(25-14)26-15-10-23-7-8-24-19(15)30/h1-10H,(H,24,25,26,30). The molecule has 10 heteroatoms.